The third-order valence-corrected chi connectivity index (χ3v) is 4.43. The predicted molar refractivity (Wildman–Crippen MR) is 85.5 cm³/mol. The smallest absolute Gasteiger partial charge is 0.118 e. The van der Waals surface area contributed by atoms with E-state index in [2.05, 4.69) is 43.0 Å². The summed E-state index contributed by atoms with van der Waals surface area (Å²) in [7, 11) is 1.73. The minimum Gasteiger partial charge on any atom is -0.497 e. The summed E-state index contributed by atoms with van der Waals surface area (Å²) in [5.74, 6) is 2.54. The van der Waals surface area contributed by atoms with Gasteiger partial charge in [0, 0.05) is 0 Å². The maximum atomic E-state index is 5.23. The lowest BCUT2D eigenvalue weighted by atomic mass is 9.89. The normalized spacial score (nSPS) is 17.6. The molecule has 0 saturated carbocycles. The standard InChI is InChI=1S/C18H29NO/c1-15(2)5-4-12-19-13-10-17(11-14-19)16-6-8-18(20-3)9-7-16/h6-9,15,17H,4-5,10-14H2,1-3H3. The number of nitrogens with zero attached hydrogens (tertiary/aromatic N) is 1. The van der Waals surface area contributed by atoms with Crippen LogP contribution in [0.15, 0.2) is 24.3 Å². The highest BCUT2D eigenvalue weighted by molar-refractivity contribution is 5.29. The summed E-state index contributed by atoms with van der Waals surface area (Å²) in [4.78, 5) is 2.64. The third-order valence-electron chi connectivity index (χ3n) is 4.43. The molecule has 0 amide bonds. The summed E-state index contributed by atoms with van der Waals surface area (Å²) >= 11 is 0. The molecule has 0 bridgehead atoms. The van der Waals surface area contributed by atoms with E-state index < -0.39 is 0 Å². The van der Waals surface area contributed by atoms with Crippen molar-refractivity contribution in [3.05, 3.63) is 29.8 Å². The summed E-state index contributed by atoms with van der Waals surface area (Å²) < 4.78 is 5.23. The van der Waals surface area contributed by atoms with E-state index in [1.807, 2.05) is 0 Å². The first-order chi connectivity index (χ1) is 9.69. The molecule has 1 aromatic carbocycles. The molecule has 0 aromatic heterocycles. The maximum absolute atomic E-state index is 5.23. The fourth-order valence-electron chi connectivity index (χ4n) is 3.09. The second kappa shape index (κ2) is 7.68. The van der Waals surface area contributed by atoms with Gasteiger partial charge in [-0.2, -0.15) is 0 Å². The molecule has 112 valence electrons. The lowest BCUT2D eigenvalue weighted by Crippen LogP contribution is -2.33. The third kappa shape index (κ3) is 4.52. The molecular weight excluding hydrogens is 246 g/mol. The number of likely N-dealkylation sites (tertiary alicyclic amines) is 1. The van der Waals surface area contributed by atoms with Crippen molar-refractivity contribution < 1.29 is 4.74 Å². The molecular formula is C18H29NO. The van der Waals surface area contributed by atoms with Crippen molar-refractivity contribution in [1.29, 1.82) is 0 Å². The van der Waals surface area contributed by atoms with E-state index in [4.69, 9.17) is 4.74 Å². The van der Waals surface area contributed by atoms with Crippen molar-refractivity contribution >= 4 is 0 Å². The van der Waals surface area contributed by atoms with Gasteiger partial charge in [0.15, 0.2) is 0 Å². The molecule has 2 heteroatoms. The summed E-state index contributed by atoms with van der Waals surface area (Å²) in [6.07, 6.45) is 5.31. The molecule has 0 atom stereocenters. The zero-order valence-electron chi connectivity index (χ0n) is 13.3. The van der Waals surface area contributed by atoms with Gasteiger partial charge in [-0.1, -0.05) is 26.0 Å². The van der Waals surface area contributed by atoms with Gasteiger partial charge in [-0.05, 0) is 74.8 Å². The van der Waals surface area contributed by atoms with E-state index in [1.54, 1.807) is 7.11 Å². The molecule has 1 saturated heterocycles. The number of benzene rings is 1. The first kappa shape index (κ1) is 15.4. The van der Waals surface area contributed by atoms with Gasteiger partial charge >= 0.3 is 0 Å². The second-order valence-electron chi connectivity index (χ2n) is 6.43. The fraction of sp³-hybridized carbons (Fsp3) is 0.667. The summed E-state index contributed by atoms with van der Waals surface area (Å²) in [5.41, 5.74) is 1.48. The first-order valence-electron chi connectivity index (χ1n) is 8.05. The molecule has 1 fully saturated rings. The number of piperidine rings is 1. The van der Waals surface area contributed by atoms with E-state index in [1.165, 1.54) is 50.9 Å². The van der Waals surface area contributed by atoms with Crippen molar-refractivity contribution in [3.8, 4) is 5.75 Å². The monoisotopic (exact) mass is 275 g/mol. The highest BCUT2D eigenvalue weighted by Gasteiger charge is 2.20. The van der Waals surface area contributed by atoms with Crippen LogP contribution in [0.4, 0.5) is 0 Å². The average Bonchev–Trinajstić information content (AvgIpc) is 2.48. The molecule has 0 aliphatic carbocycles. The van der Waals surface area contributed by atoms with Crippen LogP contribution in [0.25, 0.3) is 0 Å². The van der Waals surface area contributed by atoms with Crippen molar-refractivity contribution in [1.82, 2.24) is 4.90 Å². The minimum absolute atomic E-state index is 0.738. The Morgan fingerprint density at radius 3 is 2.35 bits per heavy atom. The number of rotatable bonds is 6. The van der Waals surface area contributed by atoms with E-state index >= 15 is 0 Å². The number of ether oxygens (including phenoxy) is 1. The lowest BCUT2D eigenvalue weighted by Gasteiger charge is -2.32. The van der Waals surface area contributed by atoms with Gasteiger partial charge in [0.25, 0.3) is 0 Å². The highest BCUT2D eigenvalue weighted by atomic mass is 16.5. The van der Waals surface area contributed by atoms with Crippen LogP contribution >= 0.6 is 0 Å². The van der Waals surface area contributed by atoms with Crippen LogP contribution in [0.2, 0.25) is 0 Å². The van der Waals surface area contributed by atoms with Crippen molar-refractivity contribution in [3.63, 3.8) is 0 Å². The zero-order chi connectivity index (χ0) is 14.4. The average molecular weight is 275 g/mol. The van der Waals surface area contributed by atoms with Crippen LogP contribution in [0.3, 0.4) is 0 Å². The van der Waals surface area contributed by atoms with Gasteiger partial charge in [-0.15, -0.1) is 0 Å². The molecule has 0 N–H and O–H groups in total. The van der Waals surface area contributed by atoms with Crippen LogP contribution in [-0.4, -0.2) is 31.6 Å². The fourth-order valence-corrected chi connectivity index (χ4v) is 3.09. The van der Waals surface area contributed by atoms with Crippen LogP contribution < -0.4 is 4.74 Å². The quantitative estimate of drug-likeness (QED) is 0.767. The number of methoxy groups -OCH3 is 1. The van der Waals surface area contributed by atoms with E-state index in [0.29, 0.717) is 0 Å². The van der Waals surface area contributed by atoms with Gasteiger partial charge in [0.2, 0.25) is 0 Å². The Kier molecular flexibility index (Phi) is 5.90. The minimum atomic E-state index is 0.738. The molecule has 1 heterocycles. The zero-order valence-corrected chi connectivity index (χ0v) is 13.3. The molecule has 1 aliphatic rings. The Balaban J connectivity index is 1.75. The first-order valence-corrected chi connectivity index (χ1v) is 8.05. The molecule has 1 aromatic rings. The van der Waals surface area contributed by atoms with Crippen LogP contribution in [-0.2, 0) is 0 Å². The van der Waals surface area contributed by atoms with Crippen LogP contribution in [0.1, 0.15) is 51.0 Å². The summed E-state index contributed by atoms with van der Waals surface area (Å²) in [6.45, 7) is 8.43. The van der Waals surface area contributed by atoms with Crippen molar-refractivity contribution in [2.75, 3.05) is 26.7 Å². The lowest BCUT2D eigenvalue weighted by molar-refractivity contribution is 0.206. The molecule has 2 rings (SSSR count). The number of hydrogen-bond acceptors (Lipinski definition) is 2. The van der Waals surface area contributed by atoms with Crippen molar-refractivity contribution in [2.45, 2.75) is 45.4 Å². The van der Waals surface area contributed by atoms with E-state index in [-0.39, 0.29) is 0 Å². The summed E-state index contributed by atoms with van der Waals surface area (Å²) in [6, 6.07) is 8.64. The Bertz CT molecular complexity index is 377. The van der Waals surface area contributed by atoms with E-state index in [9.17, 15) is 0 Å². The molecule has 2 nitrogen and oxygen atoms in total. The Morgan fingerprint density at radius 1 is 1.15 bits per heavy atom. The SMILES string of the molecule is COc1ccc(C2CCN(CCCC(C)C)CC2)cc1. The molecule has 0 spiro atoms. The van der Waals surface area contributed by atoms with Crippen molar-refractivity contribution in [2.24, 2.45) is 5.92 Å². The van der Waals surface area contributed by atoms with Crippen LogP contribution in [0, 0.1) is 5.92 Å². The summed E-state index contributed by atoms with van der Waals surface area (Å²) in [5, 5.41) is 0. The predicted octanol–water partition coefficient (Wildman–Crippen LogP) is 4.31. The van der Waals surface area contributed by atoms with E-state index in [0.717, 1.165) is 17.6 Å². The topological polar surface area (TPSA) is 12.5 Å². The van der Waals surface area contributed by atoms with Gasteiger partial charge in [0.1, 0.15) is 5.75 Å². The highest BCUT2D eigenvalue weighted by Crippen LogP contribution is 2.29. The molecule has 0 unspecified atom stereocenters. The second-order valence-corrected chi connectivity index (χ2v) is 6.43. The Labute approximate surface area is 124 Å². The van der Waals surface area contributed by atoms with Gasteiger partial charge in [-0.25, -0.2) is 0 Å². The molecule has 1 aliphatic heterocycles. The molecule has 0 radical (unpaired) electrons. The van der Waals surface area contributed by atoms with Gasteiger partial charge < -0.3 is 9.64 Å². The van der Waals surface area contributed by atoms with Gasteiger partial charge in [-0.3, -0.25) is 0 Å². The number of hydrogen-bond donors (Lipinski definition) is 0. The largest absolute Gasteiger partial charge is 0.497 e. The van der Waals surface area contributed by atoms with Crippen LogP contribution in [0.5, 0.6) is 5.75 Å². The molecule has 20 heavy (non-hydrogen) atoms. The Morgan fingerprint density at radius 2 is 1.80 bits per heavy atom. The Hall–Kier alpha value is -1.02. The van der Waals surface area contributed by atoms with Gasteiger partial charge in [0.05, 0.1) is 7.11 Å². The maximum Gasteiger partial charge on any atom is 0.118 e.